The molecule has 0 aromatic heterocycles. The van der Waals surface area contributed by atoms with Gasteiger partial charge in [0, 0.05) is 28.1 Å². The molecule has 1 heterocycles. The fourth-order valence-electron chi connectivity index (χ4n) is 11.4. The van der Waals surface area contributed by atoms with Crippen LogP contribution in [0.1, 0.15) is 154 Å². The van der Waals surface area contributed by atoms with E-state index < -0.39 is 124 Å². The van der Waals surface area contributed by atoms with Crippen molar-refractivity contribution in [3.63, 3.8) is 0 Å². The van der Waals surface area contributed by atoms with Crippen LogP contribution in [0.2, 0.25) is 42.3 Å². The summed E-state index contributed by atoms with van der Waals surface area (Å²) >= 11 is 0. The molecule has 3 N–H and O–H groups in total. The fraction of sp³-hybridized carbons (Fsp3) is 0.697. The minimum absolute atomic E-state index is 0.0371. The summed E-state index contributed by atoms with van der Waals surface area (Å²) < 4.78 is 41.7. The number of methoxy groups -OCH3 is 1. The maximum absolute atomic E-state index is 15.0. The van der Waals surface area contributed by atoms with E-state index in [1.807, 2.05) is 58.0 Å². The van der Waals surface area contributed by atoms with Crippen molar-refractivity contribution in [3.8, 4) is 5.75 Å². The van der Waals surface area contributed by atoms with Gasteiger partial charge >= 0.3 is 30.1 Å². The predicted molar refractivity (Wildman–Crippen MR) is 345 cm³/mol. The van der Waals surface area contributed by atoms with Crippen LogP contribution in [0.3, 0.4) is 0 Å². The Labute approximate surface area is 527 Å². The molecule has 1 fully saturated rings. The number of esters is 3. The molecule has 1 aliphatic rings. The first-order chi connectivity index (χ1) is 41.0. The molecular formula is C66H109N5O15Si2. The molecule has 0 bridgehead atoms. The average Bonchev–Trinajstić information content (AvgIpc) is 2.15. The summed E-state index contributed by atoms with van der Waals surface area (Å²) in [6.07, 6.45) is -4.01. The Balaban J connectivity index is 1.99. The maximum Gasteiger partial charge on any atom is 0.408 e. The molecule has 0 aliphatic carbocycles. The summed E-state index contributed by atoms with van der Waals surface area (Å²) in [7, 11) is -1.42. The summed E-state index contributed by atoms with van der Waals surface area (Å²) in [6.45, 7) is 37.2. The molecule has 2 aromatic carbocycles. The summed E-state index contributed by atoms with van der Waals surface area (Å²) in [6, 6.07) is 11.2. The Morgan fingerprint density at radius 3 is 1.86 bits per heavy atom. The predicted octanol–water partition coefficient (Wildman–Crippen LogP) is 11.2. The number of hydrogen-bond acceptors (Lipinski definition) is 15. The quantitative estimate of drug-likeness (QED) is 0.0342. The molecule has 1 saturated heterocycles. The Morgan fingerprint density at radius 2 is 1.34 bits per heavy atom. The van der Waals surface area contributed by atoms with E-state index >= 15 is 9.59 Å². The normalized spacial score (nSPS) is 16.6. The molecule has 3 rings (SSSR count). The van der Waals surface area contributed by atoms with E-state index in [-0.39, 0.29) is 73.9 Å². The molecule has 496 valence electrons. The Kier molecular flexibility index (Phi) is 30.2. The second-order valence-corrected chi connectivity index (χ2v) is 38.6. The van der Waals surface area contributed by atoms with Crippen molar-refractivity contribution in [1.82, 2.24) is 25.8 Å². The van der Waals surface area contributed by atoms with Crippen molar-refractivity contribution in [1.29, 1.82) is 0 Å². The number of ether oxygens (including phenoxy) is 6. The highest BCUT2D eigenvalue weighted by Crippen LogP contribution is 2.44. The first-order valence-electron chi connectivity index (χ1n) is 31.7. The van der Waals surface area contributed by atoms with Gasteiger partial charge in [-0.05, 0) is 111 Å². The van der Waals surface area contributed by atoms with Crippen LogP contribution in [-0.2, 0) is 69.9 Å². The van der Waals surface area contributed by atoms with E-state index in [1.165, 1.54) is 30.9 Å². The van der Waals surface area contributed by atoms with Gasteiger partial charge in [0.2, 0.25) is 20.1 Å². The van der Waals surface area contributed by atoms with Crippen LogP contribution < -0.4 is 20.7 Å². The van der Waals surface area contributed by atoms with Crippen molar-refractivity contribution < 1.29 is 71.2 Å². The summed E-state index contributed by atoms with van der Waals surface area (Å²) in [5.41, 5.74) is 0.877. The molecule has 0 radical (unpaired) electrons. The second kappa shape index (κ2) is 34.8. The van der Waals surface area contributed by atoms with Gasteiger partial charge in [0.25, 0.3) is 5.91 Å². The van der Waals surface area contributed by atoms with Crippen LogP contribution in [0.4, 0.5) is 9.59 Å². The van der Waals surface area contributed by atoms with Gasteiger partial charge in [-0.1, -0.05) is 152 Å². The van der Waals surface area contributed by atoms with E-state index in [4.69, 9.17) is 32.8 Å². The second-order valence-electron chi connectivity index (χ2n) is 27.6. The van der Waals surface area contributed by atoms with Gasteiger partial charge in [0.15, 0.2) is 12.1 Å². The number of nitrogens with zero attached hydrogens (tertiary/aromatic N) is 2. The molecule has 5 amide bonds. The van der Waals surface area contributed by atoms with Gasteiger partial charge in [-0.15, -0.1) is 0 Å². The highest BCUT2D eigenvalue weighted by Gasteiger charge is 2.50. The topological polar surface area (TPSA) is 244 Å². The number of hydrogen-bond donors (Lipinski definition) is 3. The number of amides is 5. The summed E-state index contributed by atoms with van der Waals surface area (Å²) in [4.78, 5) is 117. The first-order valence-corrected chi connectivity index (χ1v) is 37.5. The van der Waals surface area contributed by atoms with E-state index in [0.717, 1.165) is 5.56 Å². The first kappa shape index (κ1) is 76.2. The number of carbonyl (C=O) groups is 8. The molecule has 9 atom stereocenters. The number of rotatable bonds is 33. The molecule has 22 heteroatoms. The van der Waals surface area contributed by atoms with Crippen LogP contribution >= 0.6 is 0 Å². The molecule has 20 nitrogen and oxygen atoms in total. The Hall–Kier alpha value is -6.01. The highest BCUT2D eigenvalue weighted by molar-refractivity contribution is 6.77. The minimum atomic E-state index is -2.74. The van der Waals surface area contributed by atoms with E-state index in [2.05, 4.69) is 77.1 Å². The van der Waals surface area contributed by atoms with Crippen molar-refractivity contribution in [2.75, 3.05) is 27.3 Å². The lowest BCUT2D eigenvalue weighted by molar-refractivity contribution is -0.164. The van der Waals surface area contributed by atoms with E-state index in [1.54, 1.807) is 58.9 Å². The third-order valence-corrected chi connectivity index (χ3v) is 24.1. The largest absolute Gasteiger partial charge is 0.497 e. The lowest BCUT2D eigenvalue weighted by atomic mass is 9.92. The van der Waals surface area contributed by atoms with Crippen molar-refractivity contribution in [2.24, 2.45) is 17.8 Å². The fourth-order valence-corrected chi connectivity index (χ4v) is 17.7. The lowest BCUT2D eigenvalue weighted by Crippen LogP contribution is -2.58. The number of likely N-dealkylation sites (tertiary alicyclic amines) is 1. The molecule has 2 unspecified atom stereocenters. The number of nitrogens with one attached hydrogen (secondary N) is 3. The monoisotopic (exact) mass is 1270 g/mol. The SMILES string of the molecule is CCC(C)[C@H](NC(=O)OCc1ccccc1)[C@H](CC(=O)O[C@H](C(=O)N[C@@H](CC(C)C)C(=O)N1CCCC1C(=O)N(C)[C@@H](Cc1ccc(OC)cc1)C(=O)O[C@H](C)[C@H](NC(=O)OC(C)(C)C)C(=O)OCC[Si](C)(C)C)C(C)C)O[Si](C(C)C)(C(C)C)C(C)C. The average molecular weight is 1270 g/mol. The van der Waals surface area contributed by atoms with Crippen molar-refractivity contribution in [3.05, 3.63) is 65.7 Å². The van der Waals surface area contributed by atoms with Gasteiger partial charge in [-0.2, -0.15) is 0 Å². The Morgan fingerprint density at radius 1 is 0.739 bits per heavy atom. The van der Waals surface area contributed by atoms with Crippen molar-refractivity contribution in [2.45, 2.75) is 252 Å². The number of benzene rings is 2. The van der Waals surface area contributed by atoms with Crippen LogP contribution in [0.15, 0.2) is 54.6 Å². The van der Waals surface area contributed by atoms with Gasteiger partial charge in [-0.3, -0.25) is 19.2 Å². The van der Waals surface area contributed by atoms with E-state index in [9.17, 15) is 28.8 Å². The minimum Gasteiger partial charge on any atom is -0.497 e. The van der Waals surface area contributed by atoms with Crippen LogP contribution in [-0.4, -0.2) is 155 Å². The zero-order valence-corrected chi connectivity index (χ0v) is 58.9. The zero-order chi connectivity index (χ0) is 66.6. The number of carbonyl (C=O) groups excluding carboxylic acids is 8. The smallest absolute Gasteiger partial charge is 0.408 e. The molecular weight excluding hydrogens is 1160 g/mol. The van der Waals surface area contributed by atoms with Gasteiger partial charge in [-0.25, -0.2) is 19.2 Å². The van der Waals surface area contributed by atoms with Crippen molar-refractivity contribution >= 4 is 64.2 Å². The molecule has 1 aliphatic heterocycles. The lowest BCUT2D eigenvalue weighted by Gasteiger charge is -2.46. The summed E-state index contributed by atoms with van der Waals surface area (Å²) in [5.74, 6) is -4.56. The zero-order valence-electron chi connectivity index (χ0n) is 56.9. The standard InChI is InChI=1S/C66H109N5O15Si2/c1-22-46(12)56(68-64(78)82-40-49-27-24-23-25-28-49)54(86-88(43(6)7,44(8)9)45(10)11)39-55(72)84-58(42(4)5)59(73)67-51(37-41(2)3)60(74)71-34-26-29-52(71)61(75)70(17)53(38-48-30-32-50(80-18)33-31-48)62(76)83-47(13)57(69-65(79)85-66(14,15)16)63(77)81-35-36-87(19,20)21/h23-25,27-28,30-33,41-47,51-54,56-58H,22,26,29,34-40H2,1-21H3,(H,67,73)(H,68,78)(H,69,79)/t46?,47-,51+,52?,53+,54+,56+,57+,58+/m1/s1. The maximum atomic E-state index is 15.0. The number of likely N-dealkylation sites (N-methyl/N-ethyl adjacent to an activating group) is 1. The van der Waals surface area contributed by atoms with Crippen LogP contribution in [0.5, 0.6) is 5.75 Å². The third kappa shape index (κ3) is 23.4. The third-order valence-electron chi connectivity index (χ3n) is 16.3. The molecule has 0 saturated carbocycles. The van der Waals surface area contributed by atoms with Crippen LogP contribution in [0.25, 0.3) is 0 Å². The van der Waals surface area contributed by atoms with Gasteiger partial charge in [0.1, 0.15) is 42.2 Å². The highest BCUT2D eigenvalue weighted by atomic mass is 28.4. The molecule has 0 spiro atoms. The molecule has 2 aromatic rings. The van der Waals surface area contributed by atoms with Crippen LogP contribution in [0, 0.1) is 17.8 Å². The summed E-state index contributed by atoms with van der Waals surface area (Å²) in [5, 5.41) is 8.52. The van der Waals surface area contributed by atoms with Gasteiger partial charge in [0.05, 0.1) is 32.3 Å². The number of alkyl carbamates (subject to hydrolysis) is 2. The van der Waals surface area contributed by atoms with E-state index in [0.29, 0.717) is 30.2 Å². The molecule has 88 heavy (non-hydrogen) atoms. The Bertz CT molecular complexity index is 2550. The van der Waals surface area contributed by atoms with Gasteiger partial charge < -0.3 is 58.6 Å².